The van der Waals surface area contributed by atoms with Gasteiger partial charge in [-0.2, -0.15) is 0 Å². The highest BCUT2D eigenvalue weighted by Gasteiger charge is 2.36. The quantitative estimate of drug-likeness (QED) is 0.661. The van der Waals surface area contributed by atoms with Crippen LogP contribution in [-0.4, -0.2) is 38.8 Å². The molecule has 158 valence electrons. The Morgan fingerprint density at radius 3 is 2.70 bits per heavy atom. The van der Waals surface area contributed by atoms with E-state index in [-0.39, 0.29) is 34.8 Å². The van der Waals surface area contributed by atoms with Crippen LogP contribution in [0.4, 0.5) is 11.4 Å². The number of carbonyl (C=O) groups is 2. The normalized spacial score (nSPS) is 15.7. The second-order valence-electron chi connectivity index (χ2n) is 7.65. The Balaban J connectivity index is 1.40. The van der Waals surface area contributed by atoms with Crippen molar-refractivity contribution < 1.29 is 18.0 Å². The van der Waals surface area contributed by atoms with Gasteiger partial charge in [-0.1, -0.05) is 6.07 Å². The van der Waals surface area contributed by atoms with Gasteiger partial charge in [0.2, 0.25) is 11.8 Å². The van der Waals surface area contributed by atoms with Gasteiger partial charge in [0.05, 0.1) is 10.6 Å². The van der Waals surface area contributed by atoms with Crippen LogP contribution in [-0.2, 0) is 25.8 Å². The van der Waals surface area contributed by atoms with Crippen molar-refractivity contribution in [1.29, 1.82) is 0 Å². The molecule has 1 saturated carbocycles. The van der Waals surface area contributed by atoms with Crippen molar-refractivity contribution in [3.8, 4) is 0 Å². The Kier molecular flexibility index (Phi) is 5.88. The summed E-state index contributed by atoms with van der Waals surface area (Å²) >= 11 is 1.57. The van der Waals surface area contributed by atoms with Crippen molar-refractivity contribution in [3.05, 3.63) is 48.0 Å². The molecule has 8 heteroatoms. The van der Waals surface area contributed by atoms with Crippen LogP contribution in [0, 0.1) is 5.92 Å². The number of thioether (sulfide) groups is 1. The fourth-order valence-corrected chi connectivity index (χ4v) is 5.37. The van der Waals surface area contributed by atoms with Crippen LogP contribution in [0.3, 0.4) is 0 Å². The van der Waals surface area contributed by atoms with Gasteiger partial charge in [-0.25, -0.2) is 8.42 Å². The lowest BCUT2D eigenvalue weighted by molar-refractivity contribution is -0.119. The number of sulfone groups is 1. The molecule has 30 heavy (non-hydrogen) atoms. The van der Waals surface area contributed by atoms with Crippen molar-refractivity contribution >= 4 is 44.8 Å². The van der Waals surface area contributed by atoms with Crippen molar-refractivity contribution in [2.75, 3.05) is 28.8 Å². The summed E-state index contributed by atoms with van der Waals surface area (Å²) in [4.78, 5) is 27.6. The Morgan fingerprint density at radius 1 is 1.17 bits per heavy atom. The van der Waals surface area contributed by atoms with Crippen molar-refractivity contribution in [1.82, 2.24) is 0 Å². The molecule has 1 fully saturated rings. The molecular formula is C22H24N2O4S2. The van der Waals surface area contributed by atoms with E-state index in [0.717, 1.165) is 29.0 Å². The number of nitrogens with one attached hydrogen (secondary N) is 1. The van der Waals surface area contributed by atoms with Gasteiger partial charge in [-0.15, -0.1) is 11.8 Å². The van der Waals surface area contributed by atoms with E-state index in [9.17, 15) is 18.0 Å². The summed E-state index contributed by atoms with van der Waals surface area (Å²) in [7, 11) is -3.59. The maximum absolute atomic E-state index is 12.8. The number of nitrogens with zero attached hydrogens (tertiary/aromatic N) is 1. The van der Waals surface area contributed by atoms with E-state index in [1.807, 2.05) is 24.5 Å². The van der Waals surface area contributed by atoms with E-state index in [2.05, 4.69) is 5.32 Å². The first-order valence-electron chi connectivity index (χ1n) is 9.98. The maximum Gasteiger partial charge on any atom is 0.230 e. The minimum Gasteiger partial charge on any atom is -0.326 e. The van der Waals surface area contributed by atoms with Gasteiger partial charge in [0.25, 0.3) is 0 Å². The van der Waals surface area contributed by atoms with Gasteiger partial charge in [-0.3, -0.25) is 9.59 Å². The highest BCUT2D eigenvalue weighted by molar-refractivity contribution is 7.98. The molecule has 6 nitrogen and oxygen atoms in total. The van der Waals surface area contributed by atoms with Crippen LogP contribution in [0.5, 0.6) is 0 Å². The van der Waals surface area contributed by atoms with E-state index in [1.54, 1.807) is 40.9 Å². The molecule has 2 aromatic carbocycles. The fraction of sp³-hybridized carbons (Fsp3) is 0.364. The number of fused-ring (bicyclic) bond motifs is 1. The van der Waals surface area contributed by atoms with E-state index < -0.39 is 9.84 Å². The van der Waals surface area contributed by atoms with Crippen LogP contribution in [0.1, 0.15) is 24.8 Å². The molecule has 1 aliphatic heterocycles. The molecule has 2 aliphatic rings. The number of carbonyl (C=O) groups excluding carboxylic acids is 2. The third kappa shape index (κ3) is 4.54. The van der Waals surface area contributed by atoms with Crippen molar-refractivity contribution in [2.24, 2.45) is 5.92 Å². The monoisotopic (exact) mass is 444 g/mol. The summed E-state index contributed by atoms with van der Waals surface area (Å²) in [5.74, 6) is -0.315. The Hall–Kier alpha value is -2.32. The molecule has 2 aromatic rings. The number of amides is 2. The van der Waals surface area contributed by atoms with Gasteiger partial charge in [0, 0.05) is 35.2 Å². The van der Waals surface area contributed by atoms with Crippen LogP contribution in [0.2, 0.25) is 0 Å². The molecule has 2 amide bonds. The van der Waals surface area contributed by atoms with Crippen LogP contribution >= 0.6 is 11.8 Å². The minimum atomic E-state index is -3.59. The largest absolute Gasteiger partial charge is 0.326 e. The SMILES string of the molecule is CSc1cccc(NC(=O)CCS(=O)(=O)c2ccc3c(c2)CCN3C(=O)C2CC2)c1. The van der Waals surface area contributed by atoms with Crippen molar-refractivity contribution in [3.63, 3.8) is 0 Å². The first kappa shape index (κ1) is 20.9. The first-order chi connectivity index (χ1) is 14.4. The molecule has 0 bridgehead atoms. The second kappa shape index (κ2) is 8.43. The van der Waals surface area contributed by atoms with Gasteiger partial charge >= 0.3 is 0 Å². The van der Waals surface area contributed by atoms with Gasteiger partial charge < -0.3 is 10.2 Å². The number of hydrogen-bond donors (Lipinski definition) is 1. The Morgan fingerprint density at radius 2 is 1.97 bits per heavy atom. The Bertz CT molecular complexity index is 1090. The molecule has 0 radical (unpaired) electrons. The lowest BCUT2D eigenvalue weighted by atomic mass is 10.2. The second-order valence-corrected chi connectivity index (χ2v) is 10.6. The molecule has 1 N–H and O–H groups in total. The van der Waals surface area contributed by atoms with Crippen molar-refractivity contribution in [2.45, 2.75) is 35.5 Å². The predicted octanol–water partition coefficient (Wildman–Crippen LogP) is 3.51. The molecular weight excluding hydrogens is 420 g/mol. The highest BCUT2D eigenvalue weighted by atomic mass is 32.2. The molecule has 4 rings (SSSR count). The zero-order valence-corrected chi connectivity index (χ0v) is 18.4. The number of rotatable bonds is 7. The van der Waals surface area contributed by atoms with Crippen LogP contribution < -0.4 is 10.2 Å². The first-order valence-corrected chi connectivity index (χ1v) is 12.9. The molecule has 1 aliphatic carbocycles. The van der Waals surface area contributed by atoms with Gasteiger partial charge in [0.1, 0.15) is 0 Å². The smallest absolute Gasteiger partial charge is 0.230 e. The summed E-state index contributed by atoms with van der Waals surface area (Å²) in [6.07, 6.45) is 4.38. The third-order valence-electron chi connectivity index (χ3n) is 5.45. The topological polar surface area (TPSA) is 83.6 Å². The summed E-state index contributed by atoms with van der Waals surface area (Å²) in [5, 5.41) is 2.76. The average molecular weight is 445 g/mol. The van der Waals surface area contributed by atoms with Gasteiger partial charge in [-0.05, 0) is 67.5 Å². The summed E-state index contributed by atoms with van der Waals surface area (Å²) in [5.41, 5.74) is 2.35. The molecule has 0 atom stereocenters. The lowest BCUT2D eigenvalue weighted by Crippen LogP contribution is -2.30. The van der Waals surface area contributed by atoms with Crippen LogP contribution in [0.25, 0.3) is 0 Å². The number of hydrogen-bond acceptors (Lipinski definition) is 5. The third-order valence-corrected chi connectivity index (χ3v) is 7.89. The highest BCUT2D eigenvalue weighted by Crippen LogP contribution is 2.37. The molecule has 0 unspecified atom stereocenters. The van der Waals surface area contributed by atoms with E-state index in [0.29, 0.717) is 18.7 Å². The molecule has 0 spiro atoms. The summed E-state index contributed by atoms with van der Waals surface area (Å²) in [6.45, 7) is 0.603. The van der Waals surface area contributed by atoms with Gasteiger partial charge in [0.15, 0.2) is 9.84 Å². The number of anilines is 2. The van der Waals surface area contributed by atoms with E-state index in [1.165, 1.54) is 0 Å². The zero-order valence-electron chi connectivity index (χ0n) is 16.8. The summed E-state index contributed by atoms with van der Waals surface area (Å²) in [6, 6.07) is 12.4. The Labute approximate surface area is 181 Å². The molecule has 0 saturated heterocycles. The fourth-order valence-electron chi connectivity index (χ4n) is 3.62. The van der Waals surface area contributed by atoms with Crippen LogP contribution in [0.15, 0.2) is 52.3 Å². The zero-order chi connectivity index (χ0) is 21.3. The average Bonchev–Trinajstić information content (AvgIpc) is 3.51. The minimum absolute atomic E-state index is 0.116. The standard InChI is InChI=1S/C22H24N2O4S2/c1-29-18-4-2-3-17(14-18)23-21(25)10-12-30(27,28)19-7-8-20-16(13-19)9-11-24(20)22(26)15-5-6-15/h2-4,7-8,13-15H,5-6,9-12H2,1H3,(H,23,25). The molecule has 0 aromatic heterocycles. The summed E-state index contributed by atoms with van der Waals surface area (Å²) < 4.78 is 25.5. The molecule has 1 heterocycles. The maximum atomic E-state index is 12.8. The number of benzene rings is 2. The van der Waals surface area contributed by atoms with E-state index >= 15 is 0 Å². The lowest BCUT2D eigenvalue weighted by Gasteiger charge is -2.17. The van der Waals surface area contributed by atoms with E-state index in [4.69, 9.17) is 0 Å². The predicted molar refractivity (Wildman–Crippen MR) is 119 cm³/mol.